The molecule has 0 aromatic heterocycles. The van der Waals surface area contributed by atoms with Crippen LogP contribution in [0.2, 0.25) is 0 Å². The summed E-state index contributed by atoms with van der Waals surface area (Å²) in [6.45, 7) is 4.14. The second kappa shape index (κ2) is 9.47. The number of ether oxygens (including phenoxy) is 2. The van der Waals surface area contributed by atoms with E-state index in [1.54, 1.807) is 43.3 Å². The minimum absolute atomic E-state index is 0.262. The van der Waals surface area contributed by atoms with Gasteiger partial charge in [-0.1, -0.05) is 31.5 Å². The highest BCUT2D eigenvalue weighted by Crippen LogP contribution is 2.14. The molecule has 0 aliphatic carbocycles. The first kappa shape index (κ1) is 18.5. The fraction of sp³-hybridized carbons (Fsp3) is 0.300. The number of anilines is 1. The maximum atomic E-state index is 12.2. The maximum Gasteiger partial charge on any atom is 0.338 e. The Hall–Kier alpha value is -2.82. The Bertz CT molecular complexity index is 683. The zero-order valence-electron chi connectivity index (χ0n) is 14.5. The van der Waals surface area contributed by atoms with Gasteiger partial charge in [0.1, 0.15) is 5.75 Å². The lowest BCUT2D eigenvalue weighted by atomic mass is 10.2. The van der Waals surface area contributed by atoms with Crippen molar-refractivity contribution >= 4 is 17.6 Å². The molecule has 0 saturated carbocycles. The first-order chi connectivity index (χ1) is 12.1. The largest absolute Gasteiger partial charge is 0.481 e. The third-order valence-electron chi connectivity index (χ3n) is 3.54. The molecular formula is C20H23NO4. The van der Waals surface area contributed by atoms with Crippen molar-refractivity contribution in [3.8, 4) is 5.75 Å². The van der Waals surface area contributed by atoms with E-state index >= 15 is 0 Å². The standard InChI is InChI=1S/C20H23NO4/c1-3-4-14-24-20(23)16-10-12-17(13-11-16)21-19(22)15(2)25-18-8-6-5-7-9-18/h5-13,15H,3-4,14H2,1-2H3,(H,21,22). The highest BCUT2D eigenvalue weighted by molar-refractivity contribution is 5.95. The summed E-state index contributed by atoms with van der Waals surface area (Å²) in [6.07, 6.45) is 1.18. The van der Waals surface area contributed by atoms with Crippen LogP contribution in [-0.4, -0.2) is 24.6 Å². The molecule has 2 rings (SSSR count). The SMILES string of the molecule is CCCCOC(=O)c1ccc(NC(=O)C(C)Oc2ccccc2)cc1. The lowest BCUT2D eigenvalue weighted by molar-refractivity contribution is -0.122. The van der Waals surface area contributed by atoms with Crippen molar-refractivity contribution in [2.45, 2.75) is 32.8 Å². The Kier molecular flexibility index (Phi) is 7.01. The van der Waals surface area contributed by atoms with Crippen molar-refractivity contribution in [2.24, 2.45) is 0 Å². The second-order valence-corrected chi connectivity index (χ2v) is 5.63. The summed E-state index contributed by atoms with van der Waals surface area (Å²) in [5, 5.41) is 2.76. The predicted molar refractivity (Wildman–Crippen MR) is 96.8 cm³/mol. The van der Waals surface area contributed by atoms with Gasteiger partial charge in [-0.2, -0.15) is 0 Å². The van der Waals surface area contributed by atoms with E-state index in [0.717, 1.165) is 12.8 Å². The van der Waals surface area contributed by atoms with Crippen LogP contribution in [0.4, 0.5) is 5.69 Å². The number of rotatable bonds is 8. The lowest BCUT2D eigenvalue weighted by Crippen LogP contribution is -2.30. The van der Waals surface area contributed by atoms with E-state index in [9.17, 15) is 9.59 Å². The van der Waals surface area contributed by atoms with Gasteiger partial charge in [-0.15, -0.1) is 0 Å². The van der Waals surface area contributed by atoms with Crippen LogP contribution in [0.15, 0.2) is 54.6 Å². The first-order valence-corrected chi connectivity index (χ1v) is 8.40. The molecule has 25 heavy (non-hydrogen) atoms. The van der Waals surface area contributed by atoms with Crippen LogP contribution in [-0.2, 0) is 9.53 Å². The van der Waals surface area contributed by atoms with Gasteiger partial charge in [-0.3, -0.25) is 4.79 Å². The van der Waals surface area contributed by atoms with E-state index in [0.29, 0.717) is 23.6 Å². The summed E-state index contributed by atoms with van der Waals surface area (Å²) in [6, 6.07) is 15.8. The van der Waals surface area contributed by atoms with Crippen LogP contribution >= 0.6 is 0 Å². The van der Waals surface area contributed by atoms with Crippen LogP contribution in [0.1, 0.15) is 37.0 Å². The third kappa shape index (κ3) is 5.95. The number of benzene rings is 2. The zero-order chi connectivity index (χ0) is 18.1. The monoisotopic (exact) mass is 341 g/mol. The average Bonchev–Trinajstić information content (AvgIpc) is 2.63. The number of nitrogens with one attached hydrogen (secondary N) is 1. The summed E-state index contributed by atoms with van der Waals surface area (Å²) >= 11 is 0. The van der Waals surface area contributed by atoms with Gasteiger partial charge in [0.05, 0.1) is 12.2 Å². The van der Waals surface area contributed by atoms with Crippen LogP contribution < -0.4 is 10.1 Å². The van der Waals surface area contributed by atoms with Crippen molar-refractivity contribution in [2.75, 3.05) is 11.9 Å². The number of unbranched alkanes of at least 4 members (excludes halogenated alkanes) is 1. The number of para-hydroxylation sites is 1. The van der Waals surface area contributed by atoms with Gasteiger partial charge in [0.25, 0.3) is 5.91 Å². The van der Waals surface area contributed by atoms with Gasteiger partial charge in [0.15, 0.2) is 6.10 Å². The second-order valence-electron chi connectivity index (χ2n) is 5.63. The van der Waals surface area contributed by atoms with Crippen LogP contribution in [0.3, 0.4) is 0 Å². The molecule has 2 aromatic rings. The molecule has 2 aromatic carbocycles. The van der Waals surface area contributed by atoms with Gasteiger partial charge < -0.3 is 14.8 Å². The number of hydrogen-bond donors (Lipinski definition) is 1. The summed E-state index contributed by atoms with van der Waals surface area (Å²) < 4.78 is 10.7. The Morgan fingerprint density at radius 3 is 2.36 bits per heavy atom. The topological polar surface area (TPSA) is 64.6 Å². The number of esters is 1. The molecule has 1 atom stereocenters. The molecule has 1 N–H and O–H groups in total. The summed E-state index contributed by atoms with van der Waals surface area (Å²) in [4.78, 5) is 24.0. The minimum atomic E-state index is -0.638. The Morgan fingerprint density at radius 2 is 1.72 bits per heavy atom. The Labute approximate surface area is 148 Å². The number of hydrogen-bond acceptors (Lipinski definition) is 4. The summed E-state index contributed by atoms with van der Waals surface area (Å²) in [5.74, 6) is 0.0181. The smallest absolute Gasteiger partial charge is 0.338 e. The molecule has 0 aliphatic heterocycles. The number of carbonyl (C=O) groups is 2. The average molecular weight is 341 g/mol. The number of amides is 1. The molecule has 1 amide bonds. The highest BCUT2D eigenvalue weighted by Gasteiger charge is 2.15. The molecule has 0 fully saturated rings. The maximum absolute atomic E-state index is 12.2. The fourth-order valence-electron chi connectivity index (χ4n) is 2.08. The molecule has 5 heteroatoms. The van der Waals surface area contributed by atoms with E-state index in [-0.39, 0.29) is 11.9 Å². The number of carbonyl (C=O) groups excluding carboxylic acids is 2. The lowest BCUT2D eigenvalue weighted by Gasteiger charge is -2.14. The quantitative estimate of drug-likeness (QED) is 0.581. The molecule has 132 valence electrons. The molecule has 0 spiro atoms. The van der Waals surface area contributed by atoms with Crippen molar-refractivity contribution in [1.29, 1.82) is 0 Å². The predicted octanol–water partition coefficient (Wildman–Crippen LogP) is 4.05. The Morgan fingerprint density at radius 1 is 1.04 bits per heavy atom. The third-order valence-corrected chi connectivity index (χ3v) is 3.54. The van der Waals surface area contributed by atoms with Gasteiger partial charge in [-0.05, 0) is 49.7 Å². The van der Waals surface area contributed by atoms with E-state index in [1.807, 2.05) is 25.1 Å². The van der Waals surface area contributed by atoms with Crippen LogP contribution in [0.25, 0.3) is 0 Å². The molecule has 0 heterocycles. The van der Waals surface area contributed by atoms with Crippen LogP contribution in [0, 0.1) is 0 Å². The van der Waals surface area contributed by atoms with Crippen molar-refractivity contribution in [3.63, 3.8) is 0 Å². The van der Waals surface area contributed by atoms with Gasteiger partial charge in [0.2, 0.25) is 0 Å². The summed E-state index contributed by atoms with van der Waals surface area (Å²) in [5.41, 5.74) is 1.06. The first-order valence-electron chi connectivity index (χ1n) is 8.40. The molecule has 0 saturated heterocycles. The van der Waals surface area contributed by atoms with E-state index in [4.69, 9.17) is 9.47 Å². The van der Waals surface area contributed by atoms with E-state index in [2.05, 4.69) is 5.32 Å². The molecule has 5 nitrogen and oxygen atoms in total. The Balaban J connectivity index is 1.87. The van der Waals surface area contributed by atoms with Crippen molar-refractivity contribution in [3.05, 3.63) is 60.2 Å². The minimum Gasteiger partial charge on any atom is -0.481 e. The molecule has 0 aliphatic rings. The molecule has 0 bridgehead atoms. The van der Waals surface area contributed by atoms with Crippen molar-refractivity contribution < 1.29 is 19.1 Å². The molecule has 1 unspecified atom stereocenters. The normalized spacial score (nSPS) is 11.4. The van der Waals surface area contributed by atoms with Gasteiger partial charge in [0, 0.05) is 5.69 Å². The highest BCUT2D eigenvalue weighted by atomic mass is 16.5. The van der Waals surface area contributed by atoms with Crippen molar-refractivity contribution in [1.82, 2.24) is 0 Å². The summed E-state index contributed by atoms with van der Waals surface area (Å²) in [7, 11) is 0. The van der Waals surface area contributed by atoms with Gasteiger partial charge >= 0.3 is 5.97 Å². The van der Waals surface area contributed by atoms with Crippen LogP contribution in [0.5, 0.6) is 5.75 Å². The van der Waals surface area contributed by atoms with Gasteiger partial charge in [-0.25, -0.2) is 4.79 Å². The fourth-order valence-corrected chi connectivity index (χ4v) is 2.08. The zero-order valence-corrected chi connectivity index (χ0v) is 14.5. The molecular weight excluding hydrogens is 318 g/mol. The van der Waals surface area contributed by atoms with E-state index in [1.165, 1.54) is 0 Å². The molecule has 0 radical (unpaired) electrons. The van der Waals surface area contributed by atoms with E-state index < -0.39 is 6.10 Å².